The number of halogens is 5. The van der Waals surface area contributed by atoms with Crippen molar-refractivity contribution in [2.45, 2.75) is 12.9 Å². The van der Waals surface area contributed by atoms with E-state index in [0.717, 1.165) is 6.07 Å². The maximum Gasteiger partial charge on any atom is 0.264 e. The van der Waals surface area contributed by atoms with Gasteiger partial charge in [0.15, 0.2) is 11.3 Å². The van der Waals surface area contributed by atoms with Crippen LogP contribution in [0.4, 0.5) is 23.2 Å². The van der Waals surface area contributed by atoms with Gasteiger partial charge in [-0.2, -0.15) is 15.5 Å². The lowest BCUT2D eigenvalue weighted by atomic mass is 10.0. The molecule has 4 aromatic heterocycles. The summed E-state index contributed by atoms with van der Waals surface area (Å²) >= 11 is 5.58. The highest BCUT2D eigenvalue weighted by molar-refractivity contribution is 6.29. The normalized spacial score (nSPS) is 11.2. The van der Waals surface area contributed by atoms with Gasteiger partial charge in [0.25, 0.3) is 12.9 Å². The van der Waals surface area contributed by atoms with Crippen LogP contribution in [0.15, 0.2) is 42.7 Å². The van der Waals surface area contributed by atoms with E-state index in [1.807, 2.05) is 6.07 Å². The molecule has 0 radical (unpaired) electrons. The summed E-state index contributed by atoms with van der Waals surface area (Å²) in [7, 11) is 3.29. The molecule has 0 aliphatic heterocycles. The van der Waals surface area contributed by atoms with E-state index in [1.54, 1.807) is 26.2 Å². The number of nitrogens with two attached hydrogens (primary N) is 1. The van der Waals surface area contributed by atoms with Gasteiger partial charge in [0.1, 0.15) is 11.2 Å². The van der Waals surface area contributed by atoms with Crippen LogP contribution in [0.25, 0.3) is 33.3 Å². The largest absolute Gasteiger partial charge is 0.398 e. The summed E-state index contributed by atoms with van der Waals surface area (Å²) in [5, 5.41) is 17.7. The third kappa shape index (κ3) is 4.92. The van der Waals surface area contributed by atoms with Gasteiger partial charge in [-0.25, -0.2) is 27.5 Å². The van der Waals surface area contributed by atoms with Crippen molar-refractivity contribution in [3.05, 3.63) is 64.6 Å². The van der Waals surface area contributed by atoms with Crippen LogP contribution >= 0.6 is 11.6 Å². The number of hydrogen-bond donors (Lipinski definition) is 1. The first-order valence-electron chi connectivity index (χ1n) is 10.3. The molecule has 0 amide bonds. The molecule has 1 aromatic carbocycles. The highest BCUT2D eigenvalue weighted by Crippen LogP contribution is 2.32. The van der Waals surface area contributed by atoms with E-state index in [1.165, 1.54) is 33.9 Å². The lowest BCUT2D eigenvalue weighted by molar-refractivity contribution is 0.152. The van der Waals surface area contributed by atoms with Crippen molar-refractivity contribution >= 4 is 39.4 Å². The van der Waals surface area contributed by atoms with Gasteiger partial charge in [-0.3, -0.25) is 9.36 Å². The number of rotatable bonds is 3. The smallest absolute Gasteiger partial charge is 0.264 e. The van der Waals surface area contributed by atoms with E-state index in [4.69, 9.17) is 22.6 Å². The van der Waals surface area contributed by atoms with E-state index in [0.29, 0.717) is 27.7 Å². The Morgan fingerprint density at radius 1 is 0.889 bits per heavy atom. The second-order valence-electron chi connectivity index (χ2n) is 7.73. The molecule has 4 heterocycles. The predicted molar refractivity (Wildman–Crippen MR) is 127 cm³/mol. The topological polar surface area (TPSA) is 111 Å². The average molecular weight is 517 g/mol. The summed E-state index contributed by atoms with van der Waals surface area (Å²) in [5.41, 5.74) is 7.37. The number of nitrogens with zero attached hydrogens (tertiary/aromatic N) is 7. The van der Waals surface area contributed by atoms with E-state index < -0.39 is 12.9 Å². The first-order chi connectivity index (χ1) is 17.1. The predicted octanol–water partition coefficient (Wildman–Crippen LogP) is 5.59. The Morgan fingerprint density at radius 2 is 1.44 bits per heavy atom. The van der Waals surface area contributed by atoms with Gasteiger partial charge in [-0.05, 0) is 24.3 Å². The Hall–Kier alpha value is -4.24. The Morgan fingerprint density at radius 3 is 2.00 bits per heavy atom. The SMILES string of the molecule is Cn1cc2c(C(F)F)cc(-c3ccc(N)c(C#N)c3)nc2n1.Cn1cc2c(C(F)F)cc(Cl)nc2n1. The van der Waals surface area contributed by atoms with E-state index >= 15 is 0 Å². The Labute approximate surface area is 206 Å². The van der Waals surface area contributed by atoms with Crippen LogP contribution in [0, 0.1) is 11.3 Å². The number of pyridine rings is 2. The third-order valence-electron chi connectivity index (χ3n) is 5.19. The van der Waals surface area contributed by atoms with Crippen LogP contribution in [-0.2, 0) is 14.1 Å². The number of aryl methyl sites for hydroxylation is 2. The van der Waals surface area contributed by atoms with Gasteiger partial charge < -0.3 is 5.73 Å². The zero-order valence-corrected chi connectivity index (χ0v) is 19.5. The fourth-order valence-corrected chi connectivity index (χ4v) is 3.76. The number of benzene rings is 1. The Balaban J connectivity index is 0.000000187. The molecule has 13 heteroatoms. The first-order valence-corrected chi connectivity index (χ1v) is 10.7. The molecule has 0 spiro atoms. The van der Waals surface area contributed by atoms with Gasteiger partial charge in [0.05, 0.1) is 11.3 Å². The monoisotopic (exact) mass is 516 g/mol. The number of hydrogen-bond acceptors (Lipinski definition) is 6. The van der Waals surface area contributed by atoms with Crippen molar-refractivity contribution in [1.29, 1.82) is 5.26 Å². The lowest BCUT2D eigenvalue weighted by Crippen LogP contribution is -1.94. The van der Waals surface area contributed by atoms with Crippen molar-refractivity contribution in [3.8, 4) is 17.3 Å². The number of alkyl halides is 4. The van der Waals surface area contributed by atoms with Crippen molar-refractivity contribution in [3.63, 3.8) is 0 Å². The molecular formula is C23H17ClF4N8. The lowest BCUT2D eigenvalue weighted by Gasteiger charge is -2.07. The van der Waals surface area contributed by atoms with Crippen LogP contribution in [0.2, 0.25) is 5.15 Å². The molecule has 0 bridgehead atoms. The minimum Gasteiger partial charge on any atom is -0.398 e. The molecule has 0 fully saturated rings. The molecule has 0 saturated carbocycles. The summed E-state index contributed by atoms with van der Waals surface area (Å²) in [6.07, 6.45) is -2.20. The molecule has 0 unspecified atom stereocenters. The molecule has 2 N–H and O–H groups in total. The van der Waals surface area contributed by atoms with Crippen molar-refractivity contribution in [2.24, 2.45) is 14.1 Å². The summed E-state index contributed by atoms with van der Waals surface area (Å²) in [6, 6.07) is 9.17. The fourth-order valence-electron chi connectivity index (χ4n) is 3.56. The van der Waals surface area contributed by atoms with Crippen molar-refractivity contribution in [1.82, 2.24) is 29.5 Å². The van der Waals surface area contributed by atoms with E-state index in [9.17, 15) is 17.6 Å². The number of nitriles is 1. The van der Waals surface area contributed by atoms with Crippen LogP contribution in [0.5, 0.6) is 0 Å². The molecule has 8 nitrogen and oxygen atoms in total. The van der Waals surface area contributed by atoms with Gasteiger partial charge >= 0.3 is 0 Å². The van der Waals surface area contributed by atoms with Gasteiger partial charge in [0.2, 0.25) is 0 Å². The Bertz CT molecular complexity index is 1620. The summed E-state index contributed by atoms with van der Waals surface area (Å²) in [4.78, 5) is 8.14. The van der Waals surface area contributed by atoms with Crippen LogP contribution in [0.1, 0.15) is 29.5 Å². The standard InChI is InChI=1S/C15H11F2N5.C8H6ClF2N3/c1-22-7-11-10(14(16)17)5-13(20-15(11)21-22)8-2-3-12(19)9(4-8)6-18;1-14-3-5-4(7(10)11)2-6(9)12-8(5)13-14/h2-5,7,14H,19H2,1H3;2-3,7H,1H3. The van der Waals surface area contributed by atoms with Crippen LogP contribution < -0.4 is 5.73 Å². The maximum atomic E-state index is 13.3. The molecule has 184 valence electrons. The average Bonchev–Trinajstić information content (AvgIpc) is 3.38. The second-order valence-corrected chi connectivity index (χ2v) is 8.11. The van der Waals surface area contributed by atoms with E-state index in [-0.39, 0.29) is 33.1 Å². The molecular weight excluding hydrogens is 500 g/mol. The molecule has 0 aliphatic carbocycles. The summed E-state index contributed by atoms with van der Waals surface area (Å²) in [6.45, 7) is 0. The highest BCUT2D eigenvalue weighted by Gasteiger charge is 2.18. The molecule has 5 rings (SSSR count). The van der Waals surface area contributed by atoms with Gasteiger partial charge in [-0.1, -0.05) is 17.7 Å². The summed E-state index contributed by atoms with van der Waals surface area (Å²) < 4.78 is 54.5. The van der Waals surface area contributed by atoms with Crippen molar-refractivity contribution < 1.29 is 17.6 Å². The number of nitrogen functional groups attached to an aromatic ring is 1. The molecule has 0 atom stereocenters. The summed E-state index contributed by atoms with van der Waals surface area (Å²) in [5.74, 6) is 0. The molecule has 5 aromatic rings. The zero-order chi connectivity index (χ0) is 26.1. The minimum atomic E-state index is -2.64. The van der Waals surface area contributed by atoms with Gasteiger partial charge in [-0.15, -0.1) is 0 Å². The zero-order valence-electron chi connectivity index (χ0n) is 18.8. The quantitative estimate of drug-likeness (QED) is 0.190. The second kappa shape index (κ2) is 9.79. The Kier molecular flexibility index (Phi) is 6.76. The van der Waals surface area contributed by atoms with Crippen molar-refractivity contribution in [2.75, 3.05) is 5.73 Å². The van der Waals surface area contributed by atoms with Gasteiger partial charge in [0, 0.05) is 59.6 Å². The maximum absolute atomic E-state index is 13.3. The molecule has 36 heavy (non-hydrogen) atoms. The highest BCUT2D eigenvalue weighted by atomic mass is 35.5. The fraction of sp³-hybridized carbons (Fsp3) is 0.174. The molecule has 0 aliphatic rings. The molecule has 0 saturated heterocycles. The number of anilines is 1. The number of fused-ring (bicyclic) bond motifs is 2. The third-order valence-corrected chi connectivity index (χ3v) is 5.38. The first kappa shape index (κ1) is 24.9. The van der Waals surface area contributed by atoms with E-state index in [2.05, 4.69) is 20.2 Å². The van der Waals surface area contributed by atoms with Crippen LogP contribution in [-0.4, -0.2) is 29.5 Å². The van der Waals surface area contributed by atoms with Crippen LogP contribution in [0.3, 0.4) is 0 Å². The number of aromatic nitrogens is 6. The minimum absolute atomic E-state index is 0.0338.